The van der Waals surface area contributed by atoms with E-state index in [0.29, 0.717) is 11.5 Å². The molecule has 1 aliphatic rings. The number of Topliss-reactive ketones (excluding diaryl/α,β-unsaturated/α-hetero) is 1. The summed E-state index contributed by atoms with van der Waals surface area (Å²) >= 11 is 0. The van der Waals surface area contributed by atoms with E-state index in [9.17, 15) is 9.90 Å². The maximum absolute atomic E-state index is 11.3. The first-order valence-corrected chi connectivity index (χ1v) is 5.85. The van der Waals surface area contributed by atoms with Gasteiger partial charge in [0, 0.05) is 5.56 Å². The molecule has 1 aromatic carbocycles. The highest BCUT2D eigenvalue weighted by molar-refractivity contribution is 5.94. The van der Waals surface area contributed by atoms with E-state index in [1.54, 1.807) is 13.0 Å². The van der Waals surface area contributed by atoms with Gasteiger partial charge in [0.25, 0.3) is 0 Å². The molecule has 1 N–H and O–H groups in total. The van der Waals surface area contributed by atoms with Crippen LogP contribution in [0.15, 0.2) is 24.3 Å². The normalized spacial score (nSPS) is 19.9. The van der Waals surface area contributed by atoms with Crippen molar-refractivity contribution in [1.29, 1.82) is 0 Å². The molecular formula is C14H18O2. The van der Waals surface area contributed by atoms with Crippen LogP contribution in [0.1, 0.15) is 49.0 Å². The lowest BCUT2D eigenvalue weighted by Gasteiger charge is -2.39. The minimum Gasteiger partial charge on any atom is -0.385 e. The van der Waals surface area contributed by atoms with Crippen molar-refractivity contribution in [3.63, 3.8) is 0 Å². The Morgan fingerprint density at radius 3 is 2.62 bits per heavy atom. The fourth-order valence-corrected chi connectivity index (χ4v) is 2.26. The van der Waals surface area contributed by atoms with Gasteiger partial charge in [0.1, 0.15) is 0 Å². The summed E-state index contributed by atoms with van der Waals surface area (Å²) in [6.07, 6.45) is 3.36. The molecule has 1 saturated carbocycles. The van der Waals surface area contributed by atoms with Crippen molar-refractivity contribution in [2.45, 2.75) is 38.7 Å². The number of rotatable bonds is 3. The summed E-state index contributed by atoms with van der Waals surface area (Å²) in [5.41, 5.74) is 0.756. The molecule has 2 heteroatoms. The Hall–Kier alpha value is -1.15. The molecular weight excluding hydrogens is 200 g/mol. The molecule has 0 radical (unpaired) electrons. The Balaban J connectivity index is 2.31. The van der Waals surface area contributed by atoms with Crippen LogP contribution >= 0.6 is 0 Å². The number of benzene rings is 1. The third-order valence-electron chi connectivity index (χ3n) is 3.75. The summed E-state index contributed by atoms with van der Waals surface area (Å²) < 4.78 is 0. The fourth-order valence-electron chi connectivity index (χ4n) is 2.26. The van der Waals surface area contributed by atoms with Gasteiger partial charge in [-0.1, -0.05) is 24.6 Å². The van der Waals surface area contributed by atoms with Crippen molar-refractivity contribution >= 4 is 5.78 Å². The van der Waals surface area contributed by atoms with Gasteiger partial charge in [0.15, 0.2) is 5.78 Å². The van der Waals surface area contributed by atoms with Crippen molar-refractivity contribution in [2.75, 3.05) is 0 Å². The minimum absolute atomic E-state index is 0.0475. The second-order valence-electron chi connectivity index (χ2n) is 4.91. The van der Waals surface area contributed by atoms with Gasteiger partial charge in [0.05, 0.1) is 5.60 Å². The number of hydrogen-bond acceptors (Lipinski definition) is 2. The van der Waals surface area contributed by atoms with Crippen molar-refractivity contribution in [3.8, 4) is 0 Å². The Morgan fingerprint density at radius 2 is 2.12 bits per heavy atom. The highest BCUT2D eigenvalue weighted by Crippen LogP contribution is 2.42. The van der Waals surface area contributed by atoms with Gasteiger partial charge in [-0.05, 0) is 44.2 Å². The Morgan fingerprint density at radius 1 is 1.44 bits per heavy atom. The Kier molecular flexibility index (Phi) is 2.85. The van der Waals surface area contributed by atoms with Crippen LogP contribution in [0, 0.1) is 5.92 Å². The molecule has 0 saturated heterocycles. The maximum atomic E-state index is 11.3. The van der Waals surface area contributed by atoms with Gasteiger partial charge in [-0.25, -0.2) is 0 Å². The van der Waals surface area contributed by atoms with Crippen LogP contribution in [0.4, 0.5) is 0 Å². The fraction of sp³-hybridized carbons (Fsp3) is 0.500. The molecule has 1 atom stereocenters. The molecule has 2 nitrogen and oxygen atoms in total. The zero-order valence-corrected chi connectivity index (χ0v) is 9.86. The summed E-state index contributed by atoms with van der Waals surface area (Å²) in [7, 11) is 0. The zero-order chi connectivity index (χ0) is 11.8. The van der Waals surface area contributed by atoms with E-state index in [-0.39, 0.29) is 5.78 Å². The van der Waals surface area contributed by atoms with Crippen LogP contribution < -0.4 is 0 Å². The molecule has 0 aliphatic heterocycles. The second kappa shape index (κ2) is 4.02. The third-order valence-corrected chi connectivity index (χ3v) is 3.75. The van der Waals surface area contributed by atoms with Gasteiger partial charge in [-0.15, -0.1) is 0 Å². The first-order chi connectivity index (χ1) is 7.51. The predicted octanol–water partition coefficient (Wildman–Crippen LogP) is 2.90. The van der Waals surface area contributed by atoms with Gasteiger partial charge < -0.3 is 5.11 Å². The molecule has 86 valence electrons. The second-order valence-corrected chi connectivity index (χ2v) is 4.91. The first-order valence-electron chi connectivity index (χ1n) is 5.85. The quantitative estimate of drug-likeness (QED) is 0.792. The zero-order valence-electron chi connectivity index (χ0n) is 9.86. The van der Waals surface area contributed by atoms with Crippen molar-refractivity contribution in [2.24, 2.45) is 5.92 Å². The summed E-state index contributed by atoms with van der Waals surface area (Å²) in [4.78, 5) is 11.3. The summed E-state index contributed by atoms with van der Waals surface area (Å²) in [5.74, 6) is 0.390. The lowest BCUT2D eigenvalue weighted by Crippen LogP contribution is -2.36. The topological polar surface area (TPSA) is 37.3 Å². The lowest BCUT2D eigenvalue weighted by molar-refractivity contribution is -0.0399. The third kappa shape index (κ3) is 1.90. The smallest absolute Gasteiger partial charge is 0.159 e. The maximum Gasteiger partial charge on any atom is 0.159 e. The summed E-state index contributed by atoms with van der Waals surface area (Å²) in [5, 5.41) is 10.5. The van der Waals surface area contributed by atoms with E-state index in [1.165, 1.54) is 6.42 Å². The molecule has 0 heterocycles. The monoisotopic (exact) mass is 218 g/mol. The van der Waals surface area contributed by atoms with Gasteiger partial charge in [0.2, 0.25) is 0 Å². The summed E-state index contributed by atoms with van der Waals surface area (Å²) in [6, 6.07) is 7.37. The number of ketones is 1. The average Bonchev–Trinajstić information content (AvgIpc) is 2.14. The number of aliphatic hydroxyl groups is 1. The van der Waals surface area contributed by atoms with Crippen LogP contribution in [0.2, 0.25) is 0 Å². The molecule has 0 aromatic heterocycles. The van der Waals surface area contributed by atoms with Crippen molar-refractivity contribution < 1.29 is 9.90 Å². The van der Waals surface area contributed by atoms with Gasteiger partial charge in [-0.2, -0.15) is 0 Å². The molecule has 16 heavy (non-hydrogen) atoms. The van der Waals surface area contributed by atoms with Crippen LogP contribution in [-0.2, 0) is 5.60 Å². The highest BCUT2D eigenvalue weighted by Gasteiger charge is 2.37. The van der Waals surface area contributed by atoms with E-state index in [4.69, 9.17) is 0 Å². The molecule has 0 amide bonds. The van der Waals surface area contributed by atoms with Crippen LogP contribution in [0.3, 0.4) is 0 Å². The van der Waals surface area contributed by atoms with Crippen molar-refractivity contribution in [3.05, 3.63) is 35.4 Å². The van der Waals surface area contributed by atoms with E-state index in [0.717, 1.165) is 18.4 Å². The van der Waals surface area contributed by atoms with E-state index in [2.05, 4.69) is 0 Å². The van der Waals surface area contributed by atoms with Crippen molar-refractivity contribution in [1.82, 2.24) is 0 Å². The standard InChI is InChI=1S/C14H18O2/c1-10(15)11-5-3-8-13(9-11)14(2,16)12-6-4-7-12/h3,5,8-9,12,16H,4,6-7H2,1-2H3. The van der Waals surface area contributed by atoms with Gasteiger partial charge >= 0.3 is 0 Å². The minimum atomic E-state index is -0.788. The van der Waals surface area contributed by atoms with E-state index in [1.807, 2.05) is 25.1 Å². The van der Waals surface area contributed by atoms with E-state index < -0.39 is 5.60 Å². The Labute approximate surface area is 96.3 Å². The highest BCUT2D eigenvalue weighted by atomic mass is 16.3. The number of carbonyl (C=O) groups excluding carboxylic acids is 1. The molecule has 1 unspecified atom stereocenters. The van der Waals surface area contributed by atoms with Gasteiger partial charge in [-0.3, -0.25) is 4.79 Å². The molecule has 1 fully saturated rings. The van der Waals surface area contributed by atoms with Crippen LogP contribution in [0.25, 0.3) is 0 Å². The lowest BCUT2D eigenvalue weighted by atomic mass is 9.70. The summed E-state index contributed by atoms with van der Waals surface area (Å²) in [6.45, 7) is 3.41. The number of hydrogen-bond donors (Lipinski definition) is 1. The van der Waals surface area contributed by atoms with E-state index >= 15 is 0 Å². The molecule has 1 aromatic rings. The first kappa shape index (κ1) is 11.3. The molecule has 2 rings (SSSR count). The molecule has 0 bridgehead atoms. The predicted molar refractivity (Wildman–Crippen MR) is 63.4 cm³/mol. The molecule has 1 aliphatic carbocycles. The number of carbonyl (C=O) groups is 1. The average molecular weight is 218 g/mol. The Bertz CT molecular complexity index is 403. The SMILES string of the molecule is CC(=O)c1cccc(C(C)(O)C2CCC2)c1. The van der Waals surface area contributed by atoms with Crippen LogP contribution in [0.5, 0.6) is 0 Å². The largest absolute Gasteiger partial charge is 0.385 e. The molecule has 0 spiro atoms. The van der Waals surface area contributed by atoms with Crippen LogP contribution in [-0.4, -0.2) is 10.9 Å².